The lowest BCUT2D eigenvalue weighted by atomic mass is 10.0. The number of nitriles is 1. The lowest BCUT2D eigenvalue weighted by molar-refractivity contribution is 0.00610. The van der Waals surface area contributed by atoms with Crippen LogP contribution in [0.4, 0.5) is 17.5 Å². The zero-order chi connectivity index (χ0) is 28.4. The smallest absolute Gasteiger partial charge is 0.243 e. The van der Waals surface area contributed by atoms with Gasteiger partial charge in [0.2, 0.25) is 16.0 Å². The average molecular weight is 581 g/mol. The van der Waals surface area contributed by atoms with Crippen molar-refractivity contribution in [2.24, 2.45) is 0 Å². The number of H-pyrrole nitrogens is 1. The van der Waals surface area contributed by atoms with E-state index >= 15 is 0 Å². The molecule has 3 aliphatic rings. The Labute approximate surface area is 240 Å². The Bertz CT molecular complexity index is 1530. The zero-order valence-electron chi connectivity index (χ0n) is 23.2. The fraction of sp³-hybridized carbons (Fsp3) is 0.536. The van der Waals surface area contributed by atoms with E-state index in [0.717, 1.165) is 64.8 Å². The van der Waals surface area contributed by atoms with Crippen LogP contribution in [0.25, 0.3) is 11.0 Å². The van der Waals surface area contributed by atoms with Gasteiger partial charge in [-0.15, -0.1) is 0 Å². The van der Waals surface area contributed by atoms with Crippen LogP contribution < -0.4 is 15.4 Å². The van der Waals surface area contributed by atoms with Crippen molar-refractivity contribution < 1.29 is 17.9 Å². The maximum absolute atomic E-state index is 13.5. The molecule has 12 nitrogen and oxygen atoms in total. The summed E-state index contributed by atoms with van der Waals surface area (Å²) in [4.78, 5) is 15.0. The molecule has 0 bridgehead atoms. The molecule has 1 saturated carbocycles. The molecule has 0 spiro atoms. The fourth-order valence-electron chi connectivity index (χ4n) is 6.14. The number of aromatic nitrogens is 3. The number of nitrogens with one attached hydrogen (secondary N) is 3. The second-order valence-corrected chi connectivity index (χ2v) is 12.8. The van der Waals surface area contributed by atoms with Gasteiger partial charge in [-0.1, -0.05) is 12.8 Å². The van der Waals surface area contributed by atoms with Gasteiger partial charge in [-0.3, -0.25) is 4.90 Å². The minimum absolute atomic E-state index is 0.188. The quantitative estimate of drug-likeness (QED) is 0.362. The molecule has 2 aliphatic heterocycles. The summed E-state index contributed by atoms with van der Waals surface area (Å²) in [6.45, 7) is 4.25. The molecule has 3 fully saturated rings. The summed E-state index contributed by atoms with van der Waals surface area (Å²) in [6.07, 6.45) is 7.66. The van der Waals surface area contributed by atoms with Gasteiger partial charge in [0.05, 0.1) is 41.9 Å². The first-order chi connectivity index (χ1) is 20.0. The van der Waals surface area contributed by atoms with Crippen LogP contribution in [-0.4, -0.2) is 91.2 Å². The van der Waals surface area contributed by atoms with E-state index in [1.54, 1.807) is 28.7 Å². The second-order valence-electron chi connectivity index (χ2n) is 10.8. The molecular weight excluding hydrogens is 544 g/mol. The number of hydrogen-bond acceptors (Lipinski definition) is 10. The van der Waals surface area contributed by atoms with Gasteiger partial charge >= 0.3 is 0 Å². The molecule has 2 aromatic heterocycles. The lowest BCUT2D eigenvalue weighted by Crippen LogP contribution is -2.50. The molecule has 3 N–H and O–H groups in total. The van der Waals surface area contributed by atoms with Crippen LogP contribution in [-0.2, 0) is 14.8 Å². The van der Waals surface area contributed by atoms with Gasteiger partial charge in [-0.25, -0.2) is 8.42 Å². The number of ether oxygens (including phenoxy) is 2. The van der Waals surface area contributed by atoms with Crippen molar-refractivity contribution in [3.63, 3.8) is 0 Å². The second kappa shape index (κ2) is 11.8. The minimum Gasteiger partial charge on any atom is -0.495 e. The first-order valence-electron chi connectivity index (χ1n) is 14.3. The number of piperidine rings is 1. The highest BCUT2D eigenvalue weighted by molar-refractivity contribution is 7.89. The third kappa shape index (κ3) is 5.70. The first-order valence-corrected chi connectivity index (χ1v) is 15.7. The summed E-state index contributed by atoms with van der Waals surface area (Å²) in [5.41, 5.74) is 1.56. The summed E-state index contributed by atoms with van der Waals surface area (Å²) < 4.78 is 39.7. The van der Waals surface area contributed by atoms with E-state index in [1.807, 2.05) is 0 Å². The minimum atomic E-state index is -3.68. The molecule has 1 aliphatic carbocycles. The normalized spacial score (nSPS) is 19.8. The van der Waals surface area contributed by atoms with E-state index in [2.05, 4.69) is 31.6 Å². The number of fused-ring (bicyclic) bond motifs is 1. The average Bonchev–Trinajstić information content (AvgIpc) is 3.68. The van der Waals surface area contributed by atoms with Gasteiger partial charge in [-0.05, 0) is 37.8 Å². The van der Waals surface area contributed by atoms with Crippen molar-refractivity contribution in [1.82, 2.24) is 24.2 Å². The molecule has 1 aromatic carbocycles. The van der Waals surface area contributed by atoms with Gasteiger partial charge in [0.1, 0.15) is 23.3 Å². The Morgan fingerprint density at radius 3 is 2.56 bits per heavy atom. The molecule has 41 heavy (non-hydrogen) atoms. The van der Waals surface area contributed by atoms with Crippen LogP contribution in [0.5, 0.6) is 5.75 Å². The highest BCUT2D eigenvalue weighted by Crippen LogP contribution is 2.34. The van der Waals surface area contributed by atoms with Crippen LogP contribution in [0.3, 0.4) is 0 Å². The summed E-state index contributed by atoms with van der Waals surface area (Å²) in [6, 6.07) is 7.71. The van der Waals surface area contributed by atoms with E-state index in [1.165, 1.54) is 7.11 Å². The van der Waals surface area contributed by atoms with Gasteiger partial charge in [-0.2, -0.15) is 19.5 Å². The van der Waals surface area contributed by atoms with E-state index in [9.17, 15) is 13.7 Å². The molecule has 218 valence electrons. The summed E-state index contributed by atoms with van der Waals surface area (Å²) in [5.74, 6) is 1.27. The zero-order valence-corrected chi connectivity index (χ0v) is 24.0. The Kier molecular flexibility index (Phi) is 7.99. The molecule has 0 radical (unpaired) electrons. The SMILES string of the molecule is COc1cc(S(=O)(=O)N2CCC(N3CCOCC3)CC2)ccc1Nc1nc(NC2CCCC2)c2c(C#N)c[nH]c2n1. The van der Waals surface area contributed by atoms with Crippen LogP contribution in [0.1, 0.15) is 44.1 Å². The molecule has 2 saturated heterocycles. The van der Waals surface area contributed by atoms with Crippen LogP contribution in [0, 0.1) is 11.3 Å². The van der Waals surface area contributed by atoms with E-state index in [-0.39, 0.29) is 4.90 Å². The number of anilines is 3. The number of benzene rings is 1. The summed E-state index contributed by atoms with van der Waals surface area (Å²) >= 11 is 0. The number of nitrogens with zero attached hydrogens (tertiary/aromatic N) is 5. The molecule has 0 unspecified atom stereocenters. The van der Waals surface area contributed by atoms with Gasteiger partial charge in [0, 0.05) is 50.5 Å². The number of rotatable bonds is 8. The maximum atomic E-state index is 13.5. The van der Waals surface area contributed by atoms with Gasteiger partial charge < -0.3 is 25.1 Å². The number of aromatic amines is 1. The molecule has 0 amide bonds. The number of sulfonamides is 1. The maximum Gasteiger partial charge on any atom is 0.243 e. The highest BCUT2D eigenvalue weighted by Gasteiger charge is 2.32. The third-order valence-corrected chi connectivity index (χ3v) is 10.3. The van der Waals surface area contributed by atoms with E-state index in [0.29, 0.717) is 65.0 Å². The van der Waals surface area contributed by atoms with Crippen molar-refractivity contribution in [2.75, 3.05) is 57.1 Å². The monoisotopic (exact) mass is 580 g/mol. The van der Waals surface area contributed by atoms with Crippen LogP contribution in [0.15, 0.2) is 29.3 Å². The van der Waals surface area contributed by atoms with Gasteiger partial charge in [0.25, 0.3) is 0 Å². The third-order valence-electron chi connectivity index (χ3n) is 8.39. The largest absolute Gasteiger partial charge is 0.495 e. The van der Waals surface area contributed by atoms with Crippen molar-refractivity contribution in [2.45, 2.75) is 55.5 Å². The molecule has 6 rings (SSSR count). The summed E-state index contributed by atoms with van der Waals surface area (Å²) in [5, 5.41) is 17.0. The van der Waals surface area contributed by atoms with Crippen molar-refractivity contribution in [1.29, 1.82) is 5.26 Å². The Morgan fingerprint density at radius 2 is 1.85 bits per heavy atom. The number of morpholine rings is 1. The fourth-order valence-corrected chi connectivity index (χ4v) is 7.63. The topological polar surface area (TPSA) is 148 Å². The number of methoxy groups -OCH3 is 1. The van der Waals surface area contributed by atoms with E-state index in [4.69, 9.17) is 14.5 Å². The van der Waals surface area contributed by atoms with Crippen molar-refractivity contribution in [3.05, 3.63) is 30.0 Å². The lowest BCUT2D eigenvalue weighted by Gasteiger charge is -2.39. The first kappa shape index (κ1) is 27.7. The summed E-state index contributed by atoms with van der Waals surface area (Å²) in [7, 11) is -2.18. The Morgan fingerprint density at radius 1 is 1.10 bits per heavy atom. The predicted octanol–water partition coefficient (Wildman–Crippen LogP) is 3.42. The highest BCUT2D eigenvalue weighted by atomic mass is 32.2. The van der Waals surface area contributed by atoms with Crippen LogP contribution >= 0.6 is 0 Å². The molecule has 13 heteroatoms. The van der Waals surface area contributed by atoms with Crippen molar-refractivity contribution >= 4 is 38.5 Å². The molecular formula is C28H36N8O4S. The predicted molar refractivity (Wildman–Crippen MR) is 155 cm³/mol. The van der Waals surface area contributed by atoms with Gasteiger partial charge in [0.15, 0.2) is 0 Å². The standard InChI is InChI=1S/C28H36N8O4S/c1-39-24-16-22(41(37,38)36-10-8-21(9-11-36)35-12-14-40-15-13-35)6-7-23(24)32-28-33-26-25(19(17-29)18-30-26)27(34-28)31-20-4-2-3-5-20/h6-7,16,18,20-21H,2-5,8-15H2,1H3,(H3,30,31,32,33,34). The van der Waals surface area contributed by atoms with Crippen molar-refractivity contribution in [3.8, 4) is 11.8 Å². The van der Waals surface area contributed by atoms with E-state index < -0.39 is 10.0 Å². The Hall–Kier alpha value is -3.44. The number of hydrogen-bond donors (Lipinski definition) is 3. The van der Waals surface area contributed by atoms with Crippen LogP contribution in [0.2, 0.25) is 0 Å². The Balaban J connectivity index is 1.21. The molecule has 0 atom stereocenters. The molecule has 4 heterocycles. The molecule has 3 aromatic rings.